The van der Waals surface area contributed by atoms with Crippen molar-refractivity contribution < 1.29 is 24.2 Å². The largest absolute Gasteiger partial charge is 0.479 e. The van der Waals surface area contributed by atoms with Crippen molar-refractivity contribution in [1.82, 2.24) is 10.2 Å². The summed E-state index contributed by atoms with van der Waals surface area (Å²) in [5.41, 5.74) is 13.2. The van der Waals surface area contributed by atoms with Crippen molar-refractivity contribution in [2.24, 2.45) is 11.5 Å². The van der Waals surface area contributed by atoms with E-state index in [9.17, 15) is 19.5 Å². The number of hydrogen-bond acceptors (Lipinski definition) is 6. The first-order valence-corrected chi connectivity index (χ1v) is 14.4. The molecule has 1 aliphatic heterocycles. The predicted molar refractivity (Wildman–Crippen MR) is 153 cm³/mol. The van der Waals surface area contributed by atoms with Crippen LogP contribution in [-0.2, 0) is 11.3 Å². The second-order valence-electron chi connectivity index (χ2n) is 11.0. The van der Waals surface area contributed by atoms with E-state index in [0.717, 1.165) is 56.9 Å². The normalized spacial score (nSPS) is 25.9. The second-order valence-corrected chi connectivity index (χ2v) is 11.4. The Kier molecular flexibility index (Phi) is 10.4. The molecule has 1 heterocycles. The molecule has 1 atom stereocenters. The Bertz CT molecular complexity index is 1160. The number of ether oxygens (including phenoxy) is 1. The minimum Gasteiger partial charge on any atom is -0.479 e. The first-order chi connectivity index (χ1) is 19.2. The summed E-state index contributed by atoms with van der Waals surface area (Å²) >= 11 is 5.88. The maximum absolute atomic E-state index is 12.3. The van der Waals surface area contributed by atoms with E-state index >= 15 is 0 Å². The summed E-state index contributed by atoms with van der Waals surface area (Å²) < 4.78 is 5.67. The molecule has 40 heavy (non-hydrogen) atoms. The van der Waals surface area contributed by atoms with Crippen molar-refractivity contribution in [3.05, 3.63) is 64.7 Å². The summed E-state index contributed by atoms with van der Waals surface area (Å²) in [5, 5.41) is 12.8. The number of Topliss-reactive ketones (excluding diaryl/α,β-unsaturated/α-hetero) is 1. The zero-order valence-electron chi connectivity index (χ0n) is 22.6. The van der Waals surface area contributed by atoms with Gasteiger partial charge in [0.05, 0.1) is 12.0 Å². The highest BCUT2D eigenvalue weighted by molar-refractivity contribution is 6.31. The molecule has 2 aromatic rings. The van der Waals surface area contributed by atoms with Gasteiger partial charge >= 0.3 is 6.09 Å². The molecule has 2 saturated carbocycles. The van der Waals surface area contributed by atoms with E-state index in [1.54, 1.807) is 23.1 Å². The molecule has 9 nitrogen and oxygen atoms in total. The fourth-order valence-corrected chi connectivity index (χ4v) is 5.72. The van der Waals surface area contributed by atoms with E-state index in [1.165, 1.54) is 0 Å². The minimum absolute atomic E-state index is 0.0470. The molecule has 0 spiro atoms. The van der Waals surface area contributed by atoms with Crippen molar-refractivity contribution in [3.63, 3.8) is 0 Å². The van der Waals surface area contributed by atoms with E-state index in [0.29, 0.717) is 22.9 Å². The molecular weight excluding hydrogens is 532 g/mol. The van der Waals surface area contributed by atoms with Gasteiger partial charge < -0.3 is 31.5 Å². The number of ketones is 1. The number of benzene rings is 2. The van der Waals surface area contributed by atoms with E-state index < -0.39 is 12.2 Å². The smallest absolute Gasteiger partial charge is 0.407 e. The molecule has 2 aliphatic carbocycles. The Morgan fingerprint density at radius 3 is 2.20 bits per heavy atom. The number of carbonyl (C=O) groups excluding carboxylic acids is 2. The summed E-state index contributed by atoms with van der Waals surface area (Å²) in [4.78, 5) is 37.4. The van der Waals surface area contributed by atoms with Gasteiger partial charge in [0.25, 0.3) is 5.91 Å². The van der Waals surface area contributed by atoms with Crippen molar-refractivity contribution in [3.8, 4) is 5.75 Å². The zero-order chi connectivity index (χ0) is 28.6. The van der Waals surface area contributed by atoms with Gasteiger partial charge in [0.2, 0.25) is 0 Å². The molecule has 5 rings (SSSR count). The fraction of sp³-hybridized carbons (Fsp3) is 0.500. The summed E-state index contributed by atoms with van der Waals surface area (Å²) in [7, 11) is 0. The highest BCUT2D eigenvalue weighted by Gasteiger charge is 2.33. The number of amides is 2. The first kappa shape index (κ1) is 29.8. The molecule has 0 aromatic heterocycles. The Balaban J connectivity index is 0.000000189. The molecule has 2 fully saturated rings. The number of rotatable bonds is 5. The Hall–Kier alpha value is -3.14. The number of nitrogens with one attached hydrogen (secondary N) is 1. The number of halogens is 1. The lowest BCUT2D eigenvalue weighted by Crippen LogP contribution is -2.48. The Morgan fingerprint density at radius 2 is 1.57 bits per heavy atom. The van der Waals surface area contributed by atoms with Crippen molar-refractivity contribution in [2.45, 2.75) is 94.6 Å². The average molecular weight is 571 g/mol. The maximum atomic E-state index is 12.3. The minimum atomic E-state index is -0.834. The van der Waals surface area contributed by atoms with Crippen LogP contribution in [0.3, 0.4) is 0 Å². The van der Waals surface area contributed by atoms with E-state index in [2.05, 4.69) is 5.32 Å². The van der Waals surface area contributed by atoms with Gasteiger partial charge in [-0.05, 0) is 75.1 Å². The zero-order valence-corrected chi connectivity index (χ0v) is 23.4. The summed E-state index contributed by atoms with van der Waals surface area (Å²) in [5.74, 6) is 0.0791. The number of hydrogen-bond donors (Lipinski definition) is 4. The van der Waals surface area contributed by atoms with Gasteiger partial charge in [0, 0.05) is 35.7 Å². The van der Waals surface area contributed by atoms with E-state index in [4.69, 9.17) is 27.8 Å². The van der Waals surface area contributed by atoms with Crippen molar-refractivity contribution >= 4 is 29.4 Å². The topological polar surface area (TPSA) is 148 Å². The van der Waals surface area contributed by atoms with Crippen LogP contribution in [0.1, 0.15) is 73.7 Å². The number of fused-ring (bicyclic) bond motifs is 1. The maximum Gasteiger partial charge on any atom is 0.407 e. The SMILES string of the molecule is N[C@H]1CC[C@H](N(Cc2ccccc2)C(=O)O)CC1.N[C@H]1CC[C@H](NC(=O)[C@H]2CC(=O)c3cc(Cl)ccc3O2)CC1. The molecule has 216 valence electrons. The fourth-order valence-electron chi connectivity index (χ4n) is 5.55. The van der Waals surface area contributed by atoms with Crippen molar-refractivity contribution in [1.29, 1.82) is 0 Å². The monoisotopic (exact) mass is 570 g/mol. The standard InChI is InChI=1S/C16H19ClN2O3.C14H20N2O2/c17-9-1-6-14-12(7-9)13(20)8-15(22-14)16(21)19-11-4-2-10(18)3-5-11;15-12-6-8-13(9-7-12)16(14(17)18)10-11-4-2-1-3-5-11/h1,6-7,10-11,15H,2-5,8,18H2,(H,19,21);1-5,12-13H,6-10,15H2,(H,17,18)/t10-,11-,15-;12-,13-/m1./s1. The van der Waals surface area contributed by atoms with Gasteiger partial charge in [0.1, 0.15) is 5.75 Å². The predicted octanol–water partition coefficient (Wildman–Crippen LogP) is 4.50. The van der Waals surface area contributed by atoms with Gasteiger partial charge in [-0.3, -0.25) is 9.59 Å². The third kappa shape index (κ3) is 8.19. The summed E-state index contributed by atoms with van der Waals surface area (Å²) in [6.07, 6.45) is 5.61. The van der Waals surface area contributed by atoms with Crippen LogP contribution in [0, 0.1) is 0 Å². The third-order valence-corrected chi connectivity index (χ3v) is 8.15. The Labute approximate surface area is 240 Å². The third-order valence-electron chi connectivity index (χ3n) is 7.92. The summed E-state index contributed by atoms with van der Waals surface area (Å²) in [6, 6.07) is 15.3. The van der Waals surface area contributed by atoms with Gasteiger partial charge in [-0.2, -0.15) is 0 Å². The molecular formula is C30H39ClN4O5. The lowest BCUT2D eigenvalue weighted by Gasteiger charge is -2.34. The van der Waals surface area contributed by atoms with Crippen LogP contribution in [0.4, 0.5) is 4.79 Å². The molecule has 0 saturated heterocycles. The van der Waals surface area contributed by atoms with Gasteiger partial charge in [0.15, 0.2) is 11.9 Å². The Morgan fingerprint density at radius 1 is 0.950 bits per heavy atom. The van der Waals surface area contributed by atoms with E-state index in [-0.39, 0.29) is 42.3 Å². The number of nitrogens with two attached hydrogens (primary N) is 2. The van der Waals surface area contributed by atoms with Gasteiger partial charge in [-0.15, -0.1) is 0 Å². The van der Waals surface area contributed by atoms with Crippen LogP contribution < -0.4 is 21.5 Å². The van der Waals surface area contributed by atoms with Gasteiger partial charge in [-0.25, -0.2) is 4.79 Å². The molecule has 0 radical (unpaired) electrons. The first-order valence-electron chi connectivity index (χ1n) is 14.0. The molecule has 3 aliphatic rings. The highest BCUT2D eigenvalue weighted by Crippen LogP contribution is 2.30. The average Bonchev–Trinajstić information content (AvgIpc) is 2.94. The van der Waals surface area contributed by atoms with Crippen LogP contribution in [-0.4, -0.2) is 58.1 Å². The lowest BCUT2D eigenvalue weighted by molar-refractivity contribution is -0.129. The van der Waals surface area contributed by atoms with Crippen LogP contribution in [0.25, 0.3) is 0 Å². The molecule has 2 aromatic carbocycles. The molecule has 6 N–H and O–H groups in total. The van der Waals surface area contributed by atoms with Crippen LogP contribution >= 0.6 is 11.6 Å². The number of carboxylic acid groups (broad SMARTS) is 1. The highest BCUT2D eigenvalue weighted by atomic mass is 35.5. The van der Waals surface area contributed by atoms with Gasteiger partial charge in [-0.1, -0.05) is 41.9 Å². The molecule has 10 heteroatoms. The summed E-state index contributed by atoms with van der Waals surface area (Å²) in [6.45, 7) is 0.468. The van der Waals surface area contributed by atoms with Crippen LogP contribution in [0.2, 0.25) is 5.02 Å². The van der Waals surface area contributed by atoms with Crippen molar-refractivity contribution in [2.75, 3.05) is 0 Å². The van der Waals surface area contributed by atoms with E-state index in [1.807, 2.05) is 30.3 Å². The number of nitrogens with zero attached hydrogens (tertiary/aromatic N) is 1. The molecule has 0 unspecified atom stereocenters. The number of carbonyl (C=O) groups is 3. The molecule has 2 amide bonds. The molecule has 0 bridgehead atoms. The lowest BCUT2D eigenvalue weighted by atomic mass is 9.90. The quantitative estimate of drug-likeness (QED) is 0.413. The van der Waals surface area contributed by atoms with Crippen LogP contribution in [0.15, 0.2) is 48.5 Å². The second kappa shape index (κ2) is 14.0. The van der Waals surface area contributed by atoms with Crippen LogP contribution in [0.5, 0.6) is 5.75 Å².